The number of rotatable bonds is 3. The zero-order chi connectivity index (χ0) is 14.9. The number of benzene rings is 1. The van der Waals surface area contributed by atoms with Crippen LogP contribution in [0.15, 0.2) is 49.6 Å². The quantitative estimate of drug-likeness (QED) is 0.627. The molecule has 0 radical (unpaired) electrons. The standard InChI is InChI=1S/C16H16FNO2/c1-4-16(5-2)13(10-14(19)18(3)15(16)20)11-6-8-12(17)9-7-11/h4-9,13H,1-2,10H2,3H3. The highest BCUT2D eigenvalue weighted by Gasteiger charge is 2.49. The number of halogens is 1. The van der Waals surface area contributed by atoms with Crippen molar-refractivity contribution in [3.8, 4) is 0 Å². The molecule has 1 aliphatic heterocycles. The molecule has 4 heteroatoms. The fourth-order valence-electron chi connectivity index (χ4n) is 2.66. The molecule has 0 aromatic heterocycles. The van der Waals surface area contributed by atoms with Gasteiger partial charge < -0.3 is 0 Å². The number of hydrogen-bond acceptors (Lipinski definition) is 2. The predicted molar refractivity (Wildman–Crippen MR) is 74.4 cm³/mol. The molecule has 1 heterocycles. The molecule has 1 unspecified atom stereocenters. The monoisotopic (exact) mass is 273 g/mol. The van der Waals surface area contributed by atoms with Crippen LogP contribution in [0.2, 0.25) is 0 Å². The summed E-state index contributed by atoms with van der Waals surface area (Å²) in [6.07, 6.45) is 3.19. The van der Waals surface area contributed by atoms with Gasteiger partial charge in [-0.25, -0.2) is 4.39 Å². The van der Waals surface area contributed by atoms with E-state index in [0.29, 0.717) is 0 Å². The summed E-state index contributed by atoms with van der Waals surface area (Å²) in [7, 11) is 1.45. The van der Waals surface area contributed by atoms with E-state index in [1.54, 1.807) is 12.1 Å². The van der Waals surface area contributed by atoms with Crippen LogP contribution < -0.4 is 0 Å². The van der Waals surface area contributed by atoms with Crippen molar-refractivity contribution in [2.24, 2.45) is 5.41 Å². The summed E-state index contributed by atoms with van der Waals surface area (Å²) in [6, 6.07) is 5.82. The molecule has 1 aromatic carbocycles. The maximum absolute atomic E-state index is 13.0. The van der Waals surface area contributed by atoms with E-state index in [1.165, 1.54) is 31.3 Å². The Balaban J connectivity index is 2.55. The van der Waals surface area contributed by atoms with Crippen molar-refractivity contribution in [1.82, 2.24) is 4.90 Å². The van der Waals surface area contributed by atoms with Crippen molar-refractivity contribution in [2.45, 2.75) is 12.3 Å². The third-order valence-electron chi connectivity index (χ3n) is 3.95. The minimum atomic E-state index is -1.04. The number of likely N-dealkylation sites (tertiary alicyclic amines) is 1. The number of hydrogen-bond donors (Lipinski definition) is 0. The smallest absolute Gasteiger partial charge is 0.243 e. The number of amides is 2. The first kappa shape index (κ1) is 14.2. The van der Waals surface area contributed by atoms with Crippen LogP contribution in [0.1, 0.15) is 17.9 Å². The second-order valence-corrected chi connectivity index (χ2v) is 4.91. The number of imide groups is 1. The van der Waals surface area contributed by atoms with Crippen LogP contribution in [0.25, 0.3) is 0 Å². The van der Waals surface area contributed by atoms with Crippen LogP contribution in [0.5, 0.6) is 0 Å². The molecule has 2 amide bonds. The highest BCUT2D eigenvalue weighted by atomic mass is 19.1. The van der Waals surface area contributed by atoms with Gasteiger partial charge in [0.25, 0.3) is 0 Å². The van der Waals surface area contributed by atoms with Gasteiger partial charge in [-0.2, -0.15) is 0 Å². The van der Waals surface area contributed by atoms with Gasteiger partial charge in [0.1, 0.15) is 5.82 Å². The molecule has 3 nitrogen and oxygen atoms in total. The van der Waals surface area contributed by atoms with Crippen LogP contribution in [0, 0.1) is 11.2 Å². The van der Waals surface area contributed by atoms with Gasteiger partial charge in [-0.05, 0) is 17.7 Å². The molecule has 1 aromatic rings. The van der Waals surface area contributed by atoms with Crippen molar-refractivity contribution >= 4 is 11.8 Å². The first-order valence-corrected chi connectivity index (χ1v) is 6.30. The Morgan fingerprint density at radius 2 is 1.80 bits per heavy atom. The Labute approximate surface area is 117 Å². The molecular formula is C16H16FNO2. The summed E-state index contributed by atoms with van der Waals surface area (Å²) >= 11 is 0. The molecule has 0 saturated carbocycles. The lowest BCUT2D eigenvalue weighted by molar-refractivity contribution is -0.152. The topological polar surface area (TPSA) is 37.4 Å². The maximum Gasteiger partial charge on any atom is 0.243 e. The molecule has 0 aliphatic carbocycles. The Morgan fingerprint density at radius 3 is 2.30 bits per heavy atom. The van der Waals surface area contributed by atoms with E-state index in [-0.39, 0.29) is 24.1 Å². The Bertz CT molecular complexity index is 569. The fraction of sp³-hybridized carbons (Fsp3) is 0.250. The lowest BCUT2D eigenvalue weighted by Gasteiger charge is -2.41. The molecule has 1 fully saturated rings. The first-order valence-electron chi connectivity index (χ1n) is 6.30. The fourth-order valence-corrected chi connectivity index (χ4v) is 2.66. The van der Waals surface area contributed by atoms with E-state index < -0.39 is 11.3 Å². The van der Waals surface area contributed by atoms with Crippen LogP contribution in [-0.2, 0) is 9.59 Å². The molecule has 104 valence electrons. The van der Waals surface area contributed by atoms with Gasteiger partial charge in [0.05, 0.1) is 5.41 Å². The van der Waals surface area contributed by atoms with Crippen LogP contribution >= 0.6 is 0 Å². The van der Waals surface area contributed by atoms with Gasteiger partial charge in [0.15, 0.2) is 0 Å². The van der Waals surface area contributed by atoms with E-state index in [0.717, 1.165) is 10.5 Å². The average molecular weight is 273 g/mol. The predicted octanol–water partition coefficient (Wildman–Crippen LogP) is 2.66. The maximum atomic E-state index is 13.0. The summed E-state index contributed by atoms with van der Waals surface area (Å²) in [4.78, 5) is 25.5. The summed E-state index contributed by atoms with van der Waals surface area (Å²) in [5.41, 5.74) is -0.318. The highest BCUT2D eigenvalue weighted by Crippen LogP contribution is 2.45. The first-order chi connectivity index (χ1) is 9.46. The normalized spacial score (nSPS) is 21.7. The van der Waals surface area contributed by atoms with Crippen molar-refractivity contribution in [3.63, 3.8) is 0 Å². The Morgan fingerprint density at radius 1 is 1.25 bits per heavy atom. The zero-order valence-corrected chi connectivity index (χ0v) is 11.3. The van der Waals surface area contributed by atoms with E-state index in [9.17, 15) is 14.0 Å². The van der Waals surface area contributed by atoms with E-state index in [1.807, 2.05) is 0 Å². The second-order valence-electron chi connectivity index (χ2n) is 4.91. The number of carbonyl (C=O) groups excluding carboxylic acids is 2. The molecule has 0 spiro atoms. The van der Waals surface area contributed by atoms with Gasteiger partial charge in [-0.15, -0.1) is 13.2 Å². The van der Waals surface area contributed by atoms with E-state index >= 15 is 0 Å². The summed E-state index contributed by atoms with van der Waals surface area (Å²) < 4.78 is 13.0. The molecule has 1 aliphatic rings. The van der Waals surface area contributed by atoms with Gasteiger partial charge >= 0.3 is 0 Å². The van der Waals surface area contributed by atoms with Crippen LogP contribution in [-0.4, -0.2) is 23.8 Å². The van der Waals surface area contributed by atoms with Crippen molar-refractivity contribution in [2.75, 3.05) is 7.05 Å². The third-order valence-corrected chi connectivity index (χ3v) is 3.95. The minimum Gasteiger partial charge on any atom is -0.285 e. The SMILES string of the molecule is C=CC1(C=C)C(=O)N(C)C(=O)CC1c1ccc(F)cc1. The number of carbonyl (C=O) groups is 2. The number of nitrogens with zero attached hydrogens (tertiary/aromatic N) is 1. The largest absolute Gasteiger partial charge is 0.285 e. The van der Waals surface area contributed by atoms with E-state index in [2.05, 4.69) is 13.2 Å². The van der Waals surface area contributed by atoms with Crippen molar-refractivity contribution < 1.29 is 14.0 Å². The van der Waals surface area contributed by atoms with Crippen LogP contribution in [0.4, 0.5) is 4.39 Å². The zero-order valence-electron chi connectivity index (χ0n) is 11.3. The van der Waals surface area contributed by atoms with E-state index in [4.69, 9.17) is 0 Å². The minimum absolute atomic E-state index is 0.159. The molecule has 20 heavy (non-hydrogen) atoms. The summed E-state index contributed by atoms with van der Waals surface area (Å²) in [5.74, 6) is -1.38. The average Bonchev–Trinajstić information content (AvgIpc) is 2.46. The molecule has 1 atom stereocenters. The second kappa shape index (κ2) is 5.04. The van der Waals surface area contributed by atoms with Gasteiger partial charge in [-0.3, -0.25) is 14.5 Å². The summed E-state index contributed by atoms with van der Waals surface area (Å²) in [5, 5.41) is 0. The number of piperidine rings is 1. The molecule has 1 saturated heterocycles. The Kier molecular flexibility index (Phi) is 3.57. The van der Waals surface area contributed by atoms with Gasteiger partial charge in [-0.1, -0.05) is 24.3 Å². The van der Waals surface area contributed by atoms with Crippen LogP contribution in [0.3, 0.4) is 0 Å². The Hall–Kier alpha value is -2.23. The molecule has 2 rings (SSSR count). The third kappa shape index (κ3) is 1.97. The lowest BCUT2D eigenvalue weighted by atomic mass is 9.67. The lowest BCUT2D eigenvalue weighted by Crippen LogP contribution is -2.51. The van der Waals surface area contributed by atoms with Gasteiger partial charge in [0.2, 0.25) is 11.8 Å². The molecular weight excluding hydrogens is 257 g/mol. The summed E-state index contributed by atoms with van der Waals surface area (Å²) in [6.45, 7) is 7.45. The van der Waals surface area contributed by atoms with Crippen molar-refractivity contribution in [1.29, 1.82) is 0 Å². The van der Waals surface area contributed by atoms with Crippen molar-refractivity contribution in [3.05, 3.63) is 61.0 Å². The van der Waals surface area contributed by atoms with Gasteiger partial charge in [0, 0.05) is 19.4 Å². The highest BCUT2D eigenvalue weighted by molar-refractivity contribution is 6.03. The molecule has 0 bridgehead atoms. The molecule has 0 N–H and O–H groups in total.